The average Bonchev–Trinajstić information content (AvgIpc) is 3.18. The fourth-order valence-corrected chi connectivity index (χ4v) is 2.23. The summed E-state index contributed by atoms with van der Waals surface area (Å²) >= 11 is 0. The Kier molecular flexibility index (Phi) is 3.87. The molecule has 1 fully saturated rings. The normalized spacial score (nSPS) is 19.5. The van der Waals surface area contributed by atoms with E-state index in [2.05, 4.69) is 5.32 Å². The van der Waals surface area contributed by atoms with Crippen LogP contribution in [0.3, 0.4) is 0 Å². The molecule has 1 amide bonds. The topological polar surface area (TPSA) is 49.3 Å². The van der Waals surface area contributed by atoms with Crippen LogP contribution in [-0.2, 0) is 10.2 Å². The van der Waals surface area contributed by atoms with Crippen LogP contribution in [0.4, 0.5) is 4.39 Å². The van der Waals surface area contributed by atoms with Crippen molar-refractivity contribution in [1.29, 1.82) is 0 Å². The number of benzene rings is 1. The first kappa shape index (κ1) is 15.0. The molecule has 3 nitrogen and oxygen atoms in total. The van der Waals surface area contributed by atoms with Crippen molar-refractivity contribution in [3.05, 3.63) is 35.6 Å². The standard InChI is InChI=1S/C16H22FNO2/c1-11(2)15(3,20)10-18-14(19)16(8-9-16)12-6-4-5-7-13(12)17/h4-7,11,20H,8-10H2,1-3H3,(H,18,19). The molecule has 4 heteroatoms. The van der Waals surface area contributed by atoms with Crippen molar-refractivity contribution in [3.63, 3.8) is 0 Å². The van der Waals surface area contributed by atoms with E-state index in [9.17, 15) is 14.3 Å². The van der Waals surface area contributed by atoms with Gasteiger partial charge in [-0.2, -0.15) is 0 Å². The minimum Gasteiger partial charge on any atom is -0.388 e. The van der Waals surface area contributed by atoms with Crippen LogP contribution in [0.1, 0.15) is 39.2 Å². The van der Waals surface area contributed by atoms with E-state index in [4.69, 9.17) is 0 Å². The molecule has 20 heavy (non-hydrogen) atoms. The molecule has 2 rings (SSSR count). The first-order valence-electron chi connectivity index (χ1n) is 7.05. The molecule has 2 N–H and O–H groups in total. The molecule has 1 aliphatic rings. The molecule has 1 aliphatic carbocycles. The molecule has 1 unspecified atom stereocenters. The SMILES string of the molecule is CC(C)C(C)(O)CNC(=O)C1(c2ccccc2F)CC1. The number of carbonyl (C=O) groups is 1. The molecule has 0 spiro atoms. The number of halogens is 1. The molecule has 0 aliphatic heterocycles. The number of hydrogen-bond acceptors (Lipinski definition) is 2. The molecule has 1 saturated carbocycles. The van der Waals surface area contributed by atoms with Crippen LogP contribution in [0.25, 0.3) is 0 Å². The summed E-state index contributed by atoms with van der Waals surface area (Å²) in [5.41, 5.74) is -1.24. The van der Waals surface area contributed by atoms with Crippen LogP contribution >= 0.6 is 0 Å². The summed E-state index contributed by atoms with van der Waals surface area (Å²) in [6.07, 6.45) is 1.31. The first-order chi connectivity index (χ1) is 9.29. The summed E-state index contributed by atoms with van der Waals surface area (Å²) in [7, 11) is 0. The van der Waals surface area contributed by atoms with E-state index in [1.165, 1.54) is 6.07 Å². The van der Waals surface area contributed by atoms with Crippen molar-refractivity contribution in [2.75, 3.05) is 6.54 Å². The quantitative estimate of drug-likeness (QED) is 0.869. The first-order valence-corrected chi connectivity index (χ1v) is 7.05. The number of amides is 1. The van der Waals surface area contributed by atoms with E-state index >= 15 is 0 Å². The van der Waals surface area contributed by atoms with Gasteiger partial charge in [-0.15, -0.1) is 0 Å². The van der Waals surface area contributed by atoms with Gasteiger partial charge in [0.25, 0.3) is 0 Å². The van der Waals surface area contributed by atoms with Crippen LogP contribution < -0.4 is 5.32 Å². The van der Waals surface area contributed by atoms with Gasteiger partial charge in [-0.3, -0.25) is 4.79 Å². The van der Waals surface area contributed by atoms with Gasteiger partial charge in [0, 0.05) is 12.1 Å². The lowest BCUT2D eigenvalue weighted by Crippen LogP contribution is -2.47. The van der Waals surface area contributed by atoms with Crippen molar-refractivity contribution in [3.8, 4) is 0 Å². The van der Waals surface area contributed by atoms with Gasteiger partial charge in [-0.25, -0.2) is 4.39 Å². The van der Waals surface area contributed by atoms with E-state index in [0.29, 0.717) is 18.4 Å². The average molecular weight is 279 g/mol. The van der Waals surface area contributed by atoms with Crippen molar-refractivity contribution in [1.82, 2.24) is 5.32 Å². The second kappa shape index (κ2) is 5.17. The highest BCUT2D eigenvalue weighted by Crippen LogP contribution is 2.49. The molecular formula is C16H22FNO2. The summed E-state index contributed by atoms with van der Waals surface area (Å²) in [6, 6.07) is 6.42. The van der Waals surface area contributed by atoms with E-state index < -0.39 is 11.0 Å². The molecule has 1 atom stereocenters. The summed E-state index contributed by atoms with van der Waals surface area (Å²) < 4.78 is 13.9. The maximum absolute atomic E-state index is 13.9. The van der Waals surface area contributed by atoms with Gasteiger partial charge in [0.15, 0.2) is 0 Å². The number of carbonyl (C=O) groups excluding carboxylic acids is 1. The fourth-order valence-electron chi connectivity index (χ4n) is 2.23. The Hall–Kier alpha value is -1.42. The van der Waals surface area contributed by atoms with Gasteiger partial charge in [-0.1, -0.05) is 32.0 Å². The van der Waals surface area contributed by atoms with Crippen molar-refractivity contribution in [2.45, 2.75) is 44.6 Å². The second-order valence-electron chi connectivity index (χ2n) is 6.26. The van der Waals surface area contributed by atoms with Crippen molar-refractivity contribution < 1.29 is 14.3 Å². The molecule has 1 aromatic rings. The third-order valence-electron chi connectivity index (χ3n) is 4.42. The Morgan fingerprint density at radius 3 is 2.55 bits per heavy atom. The van der Waals surface area contributed by atoms with Crippen LogP contribution in [0, 0.1) is 11.7 Å². The zero-order valence-electron chi connectivity index (χ0n) is 12.2. The van der Waals surface area contributed by atoms with Gasteiger partial charge >= 0.3 is 0 Å². The summed E-state index contributed by atoms with van der Waals surface area (Å²) in [5, 5.41) is 12.9. The lowest BCUT2D eigenvalue weighted by atomic mass is 9.91. The molecular weight excluding hydrogens is 257 g/mol. The highest BCUT2D eigenvalue weighted by molar-refractivity contribution is 5.91. The number of nitrogens with one attached hydrogen (secondary N) is 1. The predicted octanol–water partition coefficient (Wildman–Crippen LogP) is 2.38. The highest BCUT2D eigenvalue weighted by Gasteiger charge is 2.52. The number of hydrogen-bond donors (Lipinski definition) is 2. The van der Waals surface area contributed by atoms with Gasteiger partial charge in [-0.05, 0) is 31.7 Å². The summed E-state index contributed by atoms with van der Waals surface area (Å²) in [4.78, 5) is 12.4. The Labute approximate surface area is 119 Å². The smallest absolute Gasteiger partial charge is 0.230 e. The van der Waals surface area contributed by atoms with Crippen LogP contribution in [0.15, 0.2) is 24.3 Å². The third-order valence-corrected chi connectivity index (χ3v) is 4.42. The van der Waals surface area contributed by atoms with E-state index in [1.807, 2.05) is 13.8 Å². The lowest BCUT2D eigenvalue weighted by Gasteiger charge is -2.29. The van der Waals surface area contributed by atoms with Crippen LogP contribution in [0.5, 0.6) is 0 Å². The molecule has 0 saturated heterocycles. The minimum atomic E-state index is -0.957. The molecule has 0 radical (unpaired) electrons. The fraction of sp³-hybridized carbons (Fsp3) is 0.562. The van der Waals surface area contributed by atoms with Gasteiger partial charge in [0.2, 0.25) is 5.91 Å². The van der Waals surface area contributed by atoms with Gasteiger partial charge in [0.05, 0.1) is 11.0 Å². The van der Waals surface area contributed by atoms with E-state index in [1.54, 1.807) is 25.1 Å². The Morgan fingerprint density at radius 2 is 2.05 bits per heavy atom. The van der Waals surface area contributed by atoms with Crippen molar-refractivity contribution in [2.24, 2.45) is 5.92 Å². The highest BCUT2D eigenvalue weighted by atomic mass is 19.1. The Bertz CT molecular complexity index is 507. The van der Waals surface area contributed by atoms with Gasteiger partial charge < -0.3 is 10.4 Å². The molecule has 1 aromatic carbocycles. The minimum absolute atomic E-state index is 0.0337. The maximum atomic E-state index is 13.9. The Morgan fingerprint density at radius 1 is 1.45 bits per heavy atom. The van der Waals surface area contributed by atoms with Gasteiger partial charge in [0.1, 0.15) is 5.82 Å². The zero-order valence-corrected chi connectivity index (χ0v) is 12.2. The van der Waals surface area contributed by atoms with Crippen molar-refractivity contribution >= 4 is 5.91 Å². The lowest BCUT2D eigenvalue weighted by molar-refractivity contribution is -0.125. The molecule has 110 valence electrons. The largest absolute Gasteiger partial charge is 0.388 e. The number of aliphatic hydroxyl groups is 1. The summed E-state index contributed by atoms with van der Waals surface area (Å²) in [6.45, 7) is 5.67. The third kappa shape index (κ3) is 2.70. The second-order valence-corrected chi connectivity index (χ2v) is 6.26. The van der Waals surface area contributed by atoms with E-state index in [-0.39, 0.29) is 24.2 Å². The number of rotatable bonds is 5. The predicted molar refractivity (Wildman–Crippen MR) is 75.8 cm³/mol. The maximum Gasteiger partial charge on any atom is 0.230 e. The van der Waals surface area contributed by atoms with Crippen LogP contribution in [0.2, 0.25) is 0 Å². The molecule has 0 heterocycles. The molecule has 0 aromatic heterocycles. The summed E-state index contributed by atoms with van der Waals surface area (Å²) in [5.74, 6) is -0.495. The van der Waals surface area contributed by atoms with Crippen LogP contribution in [-0.4, -0.2) is 23.2 Å². The zero-order chi connectivity index (χ0) is 15.0. The monoisotopic (exact) mass is 279 g/mol. The van der Waals surface area contributed by atoms with E-state index in [0.717, 1.165) is 0 Å². The molecule has 0 bridgehead atoms. The Balaban J connectivity index is 2.09.